The number of alkyl carbamates (subject to hydrolysis) is 1. The number of carboxylic acids is 2. The number of fused-ring (bicyclic) bond motifs is 1. The van der Waals surface area contributed by atoms with Crippen molar-refractivity contribution in [2.75, 3.05) is 25.0 Å². The lowest BCUT2D eigenvalue weighted by Gasteiger charge is -2.24. The molecule has 1 aromatic carbocycles. The first kappa shape index (κ1) is 46.3. The van der Waals surface area contributed by atoms with Crippen LogP contribution in [-0.2, 0) is 28.7 Å². The summed E-state index contributed by atoms with van der Waals surface area (Å²) in [5.41, 5.74) is 16.5. The number of nitrogens with zero attached hydrogens (tertiary/aromatic N) is 1. The molecule has 0 spiro atoms. The summed E-state index contributed by atoms with van der Waals surface area (Å²) < 4.78 is 10.4. The number of ether oxygens (including phenoxy) is 1. The monoisotopic (exact) mass is 736 g/mol. The van der Waals surface area contributed by atoms with Crippen LogP contribution in [0.4, 0.5) is 10.5 Å². The van der Waals surface area contributed by atoms with Crippen LogP contribution in [0.3, 0.4) is 0 Å². The number of carbonyl (C=O) groups is 6. The maximum absolute atomic E-state index is 13.4. The van der Waals surface area contributed by atoms with Crippen molar-refractivity contribution in [3.8, 4) is 0 Å². The van der Waals surface area contributed by atoms with Gasteiger partial charge < -0.3 is 57.8 Å². The highest BCUT2D eigenvalue weighted by atomic mass is 16.6. The van der Waals surface area contributed by atoms with Crippen LogP contribution in [-0.4, -0.2) is 89.2 Å². The standard InChI is InChI=1S/C29H44N8O7.2C2H4O2/c1-17-14-24(39)43-22-15-18(10-11-19(17)22)35-25(40)21(9-7-13-33-27(31)32)37-26(41)20(8-5-6-12-30)36-23(38)16-34-28(42)44-29(2,3)4;2*1-2(3)4/h10-11,14-15,20-21H,5-9,12-13,16,30H2,1-4H3,(H,34,42)(H,35,40)(H,36,38)(H,37,41)(H4,31,32,33);2*1H3,(H,3,4)/t20-,21-;;/m0../s1. The number of nitrogens with one attached hydrogen (secondary N) is 4. The van der Waals surface area contributed by atoms with Crippen LogP contribution in [0.25, 0.3) is 11.0 Å². The number of aryl methyl sites for hydroxylation is 1. The average Bonchev–Trinajstić information content (AvgIpc) is 2.99. The van der Waals surface area contributed by atoms with E-state index >= 15 is 0 Å². The number of aliphatic imine (C=N–C) groups is 1. The molecule has 0 radical (unpaired) electrons. The van der Waals surface area contributed by atoms with Crippen molar-refractivity contribution >= 4 is 58.4 Å². The maximum atomic E-state index is 13.4. The Morgan fingerprint density at radius 2 is 1.48 bits per heavy atom. The normalized spacial score (nSPS) is 11.5. The van der Waals surface area contributed by atoms with E-state index in [0.717, 1.165) is 19.4 Å². The molecule has 2 atom stereocenters. The molecule has 0 aliphatic rings. The topological polar surface area (TPSA) is 321 Å². The van der Waals surface area contributed by atoms with E-state index in [9.17, 15) is 24.0 Å². The van der Waals surface area contributed by atoms with Crippen LogP contribution < -0.4 is 44.1 Å². The van der Waals surface area contributed by atoms with Crippen molar-refractivity contribution < 1.29 is 48.1 Å². The third-order valence-electron chi connectivity index (χ3n) is 6.19. The zero-order valence-electron chi connectivity index (χ0n) is 30.4. The highest BCUT2D eigenvalue weighted by molar-refractivity contribution is 5.99. The number of hydrogen-bond donors (Lipinski definition) is 9. The fourth-order valence-corrected chi connectivity index (χ4v) is 4.15. The number of nitrogens with two attached hydrogens (primary N) is 3. The molecule has 52 heavy (non-hydrogen) atoms. The van der Waals surface area contributed by atoms with Crippen LogP contribution in [0.1, 0.15) is 72.3 Å². The lowest BCUT2D eigenvalue weighted by atomic mass is 10.1. The quantitative estimate of drug-likeness (QED) is 0.0531. The van der Waals surface area contributed by atoms with Gasteiger partial charge in [0.2, 0.25) is 17.7 Å². The highest BCUT2D eigenvalue weighted by Crippen LogP contribution is 2.21. The van der Waals surface area contributed by atoms with Crippen LogP contribution in [0.5, 0.6) is 0 Å². The predicted octanol–water partition coefficient (Wildman–Crippen LogP) is 0.899. The Hall–Kier alpha value is -5.72. The van der Waals surface area contributed by atoms with Crippen LogP contribution in [0.2, 0.25) is 0 Å². The van der Waals surface area contributed by atoms with E-state index in [1.54, 1.807) is 39.8 Å². The lowest BCUT2D eigenvalue weighted by Crippen LogP contribution is -2.54. The van der Waals surface area contributed by atoms with Crippen molar-refractivity contribution in [1.29, 1.82) is 0 Å². The summed E-state index contributed by atoms with van der Waals surface area (Å²) in [4.78, 5) is 85.1. The Bertz CT molecular complexity index is 1580. The van der Waals surface area contributed by atoms with Gasteiger partial charge in [-0.2, -0.15) is 0 Å². The molecule has 1 aromatic heterocycles. The van der Waals surface area contributed by atoms with Crippen LogP contribution in [0.15, 0.2) is 38.5 Å². The Balaban J connectivity index is 0.00000293. The second-order valence-electron chi connectivity index (χ2n) is 12.3. The molecule has 290 valence electrons. The predicted molar refractivity (Wildman–Crippen MR) is 193 cm³/mol. The van der Waals surface area contributed by atoms with Gasteiger partial charge >= 0.3 is 11.7 Å². The maximum Gasteiger partial charge on any atom is 0.408 e. The summed E-state index contributed by atoms with van der Waals surface area (Å²) in [5, 5.41) is 26.0. The van der Waals surface area contributed by atoms with Crippen molar-refractivity contribution in [3.05, 3.63) is 40.2 Å². The van der Waals surface area contributed by atoms with Gasteiger partial charge in [-0.15, -0.1) is 0 Å². The van der Waals surface area contributed by atoms with Crippen molar-refractivity contribution in [3.63, 3.8) is 0 Å². The van der Waals surface area contributed by atoms with Gasteiger partial charge in [0.1, 0.15) is 29.8 Å². The Morgan fingerprint density at radius 3 is 2.04 bits per heavy atom. The fourth-order valence-electron chi connectivity index (χ4n) is 4.15. The number of anilines is 1. The van der Waals surface area contributed by atoms with Crippen molar-refractivity contribution in [1.82, 2.24) is 16.0 Å². The largest absolute Gasteiger partial charge is 0.481 e. The molecule has 1 heterocycles. The molecule has 4 amide bonds. The lowest BCUT2D eigenvalue weighted by molar-refractivity contribution is -0.135. The van der Waals surface area contributed by atoms with Gasteiger partial charge in [-0.05, 0) is 84.0 Å². The zero-order valence-corrected chi connectivity index (χ0v) is 30.4. The van der Waals surface area contributed by atoms with Gasteiger partial charge in [0.05, 0.1) is 0 Å². The minimum atomic E-state index is -1.04. The number of carbonyl (C=O) groups excluding carboxylic acids is 4. The molecule has 0 saturated carbocycles. The minimum Gasteiger partial charge on any atom is -0.481 e. The summed E-state index contributed by atoms with van der Waals surface area (Å²) in [6.07, 6.45) is 1.11. The molecule has 0 bridgehead atoms. The van der Waals surface area contributed by atoms with E-state index in [-0.39, 0.29) is 25.3 Å². The number of aliphatic carboxylic acids is 2. The first-order valence-electron chi connectivity index (χ1n) is 16.2. The van der Waals surface area contributed by atoms with Gasteiger partial charge in [0.25, 0.3) is 11.9 Å². The van der Waals surface area contributed by atoms with E-state index < -0.39 is 65.6 Å². The van der Waals surface area contributed by atoms with E-state index in [4.69, 9.17) is 46.2 Å². The molecule has 12 N–H and O–H groups in total. The van der Waals surface area contributed by atoms with E-state index in [1.165, 1.54) is 12.1 Å². The molecule has 0 aliphatic heterocycles. The van der Waals surface area contributed by atoms with E-state index in [1.807, 2.05) is 0 Å². The number of amides is 4. The first-order chi connectivity index (χ1) is 24.1. The summed E-state index contributed by atoms with van der Waals surface area (Å²) in [6.45, 7) is 9.19. The second kappa shape index (κ2) is 23.6. The van der Waals surface area contributed by atoms with Gasteiger partial charge in [-0.1, -0.05) is 0 Å². The molecule has 0 aliphatic carbocycles. The second-order valence-corrected chi connectivity index (χ2v) is 12.3. The molecule has 0 unspecified atom stereocenters. The Kier molecular flexibility index (Phi) is 21.0. The number of hydrogen-bond acceptors (Lipinski definition) is 11. The molecule has 0 saturated heterocycles. The summed E-state index contributed by atoms with van der Waals surface area (Å²) in [7, 11) is 0. The Labute approximate surface area is 301 Å². The van der Waals surface area contributed by atoms with Crippen molar-refractivity contribution in [2.45, 2.75) is 91.3 Å². The SMILES string of the molecule is CC(=O)O.CC(=O)O.Cc1cc(=O)oc2cc(NC(=O)[C@H](CCCN=C(N)N)NC(=O)[C@H](CCCCN)NC(=O)CNC(=O)OC(C)(C)C)ccc12. The fraction of sp³-hybridized carbons (Fsp3) is 0.515. The Morgan fingerprint density at radius 1 is 0.904 bits per heavy atom. The molecule has 0 fully saturated rings. The molecular formula is C33H52N8O11. The smallest absolute Gasteiger partial charge is 0.408 e. The van der Waals surface area contributed by atoms with Crippen molar-refractivity contribution in [2.24, 2.45) is 22.2 Å². The van der Waals surface area contributed by atoms with Gasteiger partial charge in [-0.25, -0.2) is 9.59 Å². The highest BCUT2D eigenvalue weighted by Gasteiger charge is 2.27. The summed E-state index contributed by atoms with van der Waals surface area (Å²) in [5.74, 6) is -3.54. The van der Waals surface area contributed by atoms with Gasteiger partial charge in [0, 0.05) is 43.6 Å². The van der Waals surface area contributed by atoms with E-state index in [0.29, 0.717) is 42.5 Å². The number of benzene rings is 1. The third-order valence-corrected chi connectivity index (χ3v) is 6.19. The summed E-state index contributed by atoms with van der Waals surface area (Å²) >= 11 is 0. The molecule has 19 heteroatoms. The molecule has 2 rings (SSSR count). The number of guanidine groups is 1. The third kappa shape index (κ3) is 22.1. The summed E-state index contributed by atoms with van der Waals surface area (Å²) in [6, 6.07) is 4.21. The molecule has 2 aromatic rings. The number of carboxylic acid groups (broad SMARTS) is 2. The average molecular weight is 737 g/mol. The number of unbranched alkanes of at least 4 members (excludes halogenated alkanes) is 1. The van der Waals surface area contributed by atoms with E-state index in [2.05, 4.69) is 26.3 Å². The van der Waals surface area contributed by atoms with Gasteiger partial charge in [0.15, 0.2) is 5.96 Å². The molecular weight excluding hydrogens is 684 g/mol. The van der Waals surface area contributed by atoms with Crippen LogP contribution in [0, 0.1) is 6.92 Å². The minimum absolute atomic E-state index is 0.106. The zero-order chi connectivity index (χ0) is 40.0. The van der Waals surface area contributed by atoms with Crippen LogP contribution >= 0.6 is 0 Å². The number of rotatable bonds is 15. The van der Waals surface area contributed by atoms with Gasteiger partial charge in [-0.3, -0.25) is 29.0 Å². The molecule has 19 nitrogen and oxygen atoms in total. The first-order valence-corrected chi connectivity index (χ1v) is 16.2.